The molecule has 114 valence electrons. The van der Waals surface area contributed by atoms with E-state index in [0.29, 0.717) is 0 Å². The lowest BCUT2D eigenvalue weighted by Gasteiger charge is -2.39. The third-order valence-corrected chi connectivity index (χ3v) is 5.33. The van der Waals surface area contributed by atoms with E-state index in [-0.39, 0.29) is 5.54 Å². The van der Waals surface area contributed by atoms with E-state index >= 15 is 0 Å². The smallest absolute Gasteiger partial charge is 0.128 e. The Morgan fingerprint density at radius 1 is 0.905 bits per heavy atom. The first-order valence-corrected chi connectivity index (χ1v) is 8.52. The van der Waals surface area contributed by atoms with Gasteiger partial charge in [-0.1, -0.05) is 19.3 Å². The summed E-state index contributed by atoms with van der Waals surface area (Å²) in [5.74, 6) is 2.19. The monoisotopic (exact) mass is 287 g/mol. The highest BCUT2D eigenvalue weighted by Crippen LogP contribution is 2.48. The lowest BCUT2D eigenvalue weighted by atomic mass is 9.73. The highest BCUT2D eigenvalue weighted by molar-refractivity contribution is 5.58. The molecule has 0 amide bonds. The molecule has 2 heterocycles. The summed E-state index contributed by atoms with van der Waals surface area (Å²) in [6, 6.07) is 2.22. The molecular weight excluding hydrogens is 262 g/mol. The van der Waals surface area contributed by atoms with Gasteiger partial charge in [-0.15, -0.1) is 0 Å². The summed E-state index contributed by atoms with van der Waals surface area (Å²) in [6.07, 6.45) is 10.3. The number of fused-ring (bicyclic) bond motifs is 2. The van der Waals surface area contributed by atoms with Crippen molar-refractivity contribution in [3.63, 3.8) is 0 Å². The van der Waals surface area contributed by atoms with E-state index in [2.05, 4.69) is 6.07 Å². The van der Waals surface area contributed by atoms with Gasteiger partial charge >= 0.3 is 0 Å². The van der Waals surface area contributed by atoms with Crippen LogP contribution in [0.3, 0.4) is 0 Å². The van der Waals surface area contributed by atoms with E-state index in [9.17, 15) is 0 Å². The molecule has 1 fully saturated rings. The van der Waals surface area contributed by atoms with E-state index in [1.165, 1.54) is 36.0 Å². The predicted octanol–water partition coefficient (Wildman–Crippen LogP) is 3.45. The van der Waals surface area contributed by atoms with Crippen molar-refractivity contribution >= 4 is 0 Å². The molecule has 1 aliphatic carbocycles. The Hall–Kier alpha value is -1.22. The summed E-state index contributed by atoms with van der Waals surface area (Å²) in [7, 11) is 0. The van der Waals surface area contributed by atoms with Gasteiger partial charge in [0, 0.05) is 16.7 Å². The van der Waals surface area contributed by atoms with E-state index < -0.39 is 0 Å². The first-order valence-electron chi connectivity index (χ1n) is 8.52. The number of nitrogens with two attached hydrogens (primary N) is 1. The second-order valence-corrected chi connectivity index (χ2v) is 6.84. The summed E-state index contributed by atoms with van der Waals surface area (Å²) >= 11 is 0. The van der Waals surface area contributed by atoms with E-state index in [4.69, 9.17) is 15.2 Å². The first kappa shape index (κ1) is 13.4. The molecule has 3 aliphatic rings. The Balaban J connectivity index is 1.90. The zero-order valence-corrected chi connectivity index (χ0v) is 12.7. The van der Waals surface area contributed by atoms with Gasteiger partial charge in [-0.25, -0.2) is 0 Å². The van der Waals surface area contributed by atoms with Crippen LogP contribution in [0.15, 0.2) is 6.07 Å². The van der Waals surface area contributed by atoms with Gasteiger partial charge in [-0.3, -0.25) is 0 Å². The Morgan fingerprint density at radius 3 is 2.52 bits per heavy atom. The first-order chi connectivity index (χ1) is 10.3. The van der Waals surface area contributed by atoms with Crippen LogP contribution in [0.1, 0.15) is 61.6 Å². The fraction of sp³-hybridized carbons (Fsp3) is 0.667. The van der Waals surface area contributed by atoms with Crippen molar-refractivity contribution in [1.82, 2.24) is 0 Å². The van der Waals surface area contributed by atoms with Gasteiger partial charge in [0.2, 0.25) is 0 Å². The van der Waals surface area contributed by atoms with Crippen molar-refractivity contribution in [1.29, 1.82) is 0 Å². The highest BCUT2D eigenvalue weighted by Gasteiger charge is 2.38. The summed E-state index contributed by atoms with van der Waals surface area (Å²) in [5.41, 5.74) is 10.6. The number of hydrogen-bond donors (Lipinski definition) is 1. The molecular formula is C18H25NO2. The van der Waals surface area contributed by atoms with E-state index in [1.54, 1.807) is 0 Å². The Bertz CT molecular complexity index is 512. The molecule has 3 heteroatoms. The van der Waals surface area contributed by atoms with Crippen molar-refractivity contribution in [2.24, 2.45) is 5.73 Å². The molecule has 0 unspecified atom stereocenters. The molecule has 1 aromatic rings. The number of ether oxygens (including phenoxy) is 2. The maximum atomic E-state index is 6.89. The van der Waals surface area contributed by atoms with Crippen LogP contribution in [0.5, 0.6) is 11.5 Å². The van der Waals surface area contributed by atoms with Crippen LogP contribution >= 0.6 is 0 Å². The molecule has 0 atom stereocenters. The SMILES string of the molecule is NC1(c2c3c(cc4c2OCCC4)OCCC3)CCCCC1. The molecule has 1 saturated carbocycles. The topological polar surface area (TPSA) is 44.5 Å². The second kappa shape index (κ2) is 5.20. The van der Waals surface area contributed by atoms with Gasteiger partial charge in [0.15, 0.2) is 0 Å². The standard InChI is InChI=1S/C18H25NO2/c19-18(8-2-1-3-9-18)16-14-7-5-10-20-15(14)12-13-6-4-11-21-17(13)16/h12H,1-11,19H2. The zero-order valence-electron chi connectivity index (χ0n) is 12.7. The molecule has 0 spiro atoms. The molecule has 0 saturated heterocycles. The van der Waals surface area contributed by atoms with Crippen molar-refractivity contribution in [3.8, 4) is 11.5 Å². The molecule has 2 N–H and O–H groups in total. The van der Waals surface area contributed by atoms with Crippen LogP contribution in [0.2, 0.25) is 0 Å². The molecule has 1 aromatic carbocycles. The number of hydrogen-bond acceptors (Lipinski definition) is 3. The maximum absolute atomic E-state index is 6.89. The molecule has 0 bridgehead atoms. The fourth-order valence-electron chi connectivity index (χ4n) is 4.29. The molecule has 2 aliphatic heterocycles. The van der Waals surface area contributed by atoms with Gasteiger partial charge in [-0.05, 0) is 50.2 Å². The average molecular weight is 287 g/mol. The average Bonchev–Trinajstić information content (AvgIpc) is 2.53. The highest BCUT2D eigenvalue weighted by atomic mass is 16.5. The van der Waals surface area contributed by atoms with Crippen molar-refractivity contribution in [2.45, 2.75) is 63.3 Å². The number of aryl methyl sites for hydroxylation is 1. The Kier molecular flexibility index (Phi) is 3.33. The number of benzene rings is 1. The zero-order chi connectivity index (χ0) is 14.3. The Labute approximate surface area is 126 Å². The predicted molar refractivity (Wildman–Crippen MR) is 83.0 cm³/mol. The quantitative estimate of drug-likeness (QED) is 0.860. The fourth-order valence-corrected chi connectivity index (χ4v) is 4.29. The largest absolute Gasteiger partial charge is 0.493 e. The minimum atomic E-state index is -0.203. The van der Waals surface area contributed by atoms with Gasteiger partial charge in [0.1, 0.15) is 11.5 Å². The van der Waals surface area contributed by atoms with Crippen molar-refractivity contribution in [3.05, 3.63) is 22.8 Å². The van der Waals surface area contributed by atoms with Crippen LogP contribution in [-0.2, 0) is 18.4 Å². The minimum Gasteiger partial charge on any atom is -0.493 e. The van der Waals surface area contributed by atoms with Crippen LogP contribution < -0.4 is 15.2 Å². The van der Waals surface area contributed by atoms with Crippen molar-refractivity contribution in [2.75, 3.05) is 13.2 Å². The summed E-state index contributed by atoms with van der Waals surface area (Å²) < 4.78 is 12.1. The van der Waals surface area contributed by atoms with E-state index in [0.717, 1.165) is 63.2 Å². The van der Waals surface area contributed by atoms with Gasteiger partial charge in [0.25, 0.3) is 0 Å². The third-order valence-electron chi connectivity index (χ3n) is 5.33. The van der Waals surface area contributed by atoms with Gasteiger partial charge in [-0.2, -0.15) is 0 Å². The molecule has 3 nitrogen and oxygen atoms in total. The molecule has 0 aromatic heterocycles. The van der Waals surface area contributed by atoms with Crippen LogP contribution in [0, 0.1) is 0 Å². The molecule has 4 rings (SSSR count). The van der Waals surface area contributed by atoms with Crippen LogP contribution in [0.25, 0.3) is 0 Å². The second-order valence-electron chi connectivity index (χ2n) is 6.84. The lowest BCUT2D eigenvalue weighted by molar-refractivity contribution is 0.241. The summed E-state index contributed by atoms with van der Waals surface area (Å²) in [4.78, 5) is 0. The lowest BCUT2D eigenvalue weighted by Crippen LogP contribution is -2.41. The van der Waals surface area contributed by atoms with Gasteiger partial charge < -0.3 is 15.2 Å². The molecule has 0 radical (unpaired) electrons. The maximum Gasteiger partial charge on any atom is 0.128 e. The Morgan fingerprint density at radius 2 is 1.67 bits per heavy atom. The minimum absolute atomic E-state index is 0.203. The van der Waals surface area contributed by atoms with Gasteiger partial charge in [0.05, 0.1) is 13.2 Å². The molecule has 21 heavy (non-hydrogen) atoms. The van der Waals surface area contributed by atoms with E-state index in [1.807, 2.05) is 0 Å². The number of rotatable bonds is 1. The third kappa shape index (κ3) is 2.22. The van der Waals surface area contributed by atoms with Crippen LogP contribution in [0.4, 0.5) is 0 Å². The normalized spacial score (nSPS) is 23.5. The van der Waals surface area contributed by atoms with Crippen molar-refractivity contribution < 1.29 is 9.47 Å². The van der Waals surface area contributed by atoms with Crippen LogP contribution in [-0.4, -0.2) is 13.2 Å². The summed E-state index contributed by atoms with van der Waals surface area (Å²) in [6.45, 7) is 1.67. The summed E-state index contributed by atoms with van der Waals surface area (Å²) in [5, 5.41) is 0.